The number of hydrogen-bond acceptors (Lipinski definition) is 5. The lowest BCUT2D eigenvalue weighted by molar-refractivity contribution is -0.214. The first-order valence-electron chi connectivity index (χ1n) is 7.59. The van der Waals surface area contributed by atoms with Crippen molar-refractivity contribution >= 4 is 0 Å². The molecule has 22 heavy (non-hydrogen) atoms. The molecule has 2 fully saturated rings. The highest BCUT2D eigenvalue weighted by molar-refractivity contribution is 5.17. The SMILES string of the molecule is CC1(C)O[C@H]2O[C@H](CNCCc3ccccc3F)[C@H](O)[C@H]2O1. The Morgan fingerprint density at radius 3 is 2.77 bits per heavy atom. The number of ether oxygens (including phenoxy) is 3. The van der Waals surface area contributed by atoms with Gasteiger partial charge < -0.3 is 24.6 Å². The fraction of sp³-hybridized carbons (Fsp3) is 0.625. The molecule has 2 heterocycles. The summed E-state index contributed by atoms with van der Waals surface area (Å²) in [5.74, 6) is -0.917. The average Bonchev–Trinajstić information content (AvgIpc) is 2.91. The average molecular weight is 311 g/mol. The molecule has 0 spiro atoms. The van der Waals surface area contributed by atoms with Gasteiger partial charge in [-0.25, -0.2) is 4.39 Å². The Hall–Kier alpha value is -1.05. The zero-order chi connectivity index (χ0) is 15.7. The van der Waals surface area contributed by atoms with E-state index in [1.165, 1.54) is 6.07 Å². The molecule has 1 aromatic carbocycles. The molecule has 122 valence electrons. The van der Waals surface area contributed by atoms with E-state index in [0.717, 1.165) is 0 Å². The molecule has 0 bridgehead atoms. The van der Waals surface area contributed by atoms with Crippen LogP contribution in [0.3, 0.4) is 0 Å². The standard InChI is InChI=1S/C16H22FNO4/c1-16(2)21-14-13(19)12(20-15(14)22-16)9-18-8-7-10-5-3-4-6-11(10)17/h3-6,12-15,18-19H,7-9H2,1-2H3/t12-,13+,14-,15-/m1/s1. The van der Waals surface area contributed by atoms with Crippen LogP contribution >= 0.6 is 0 Å². The first kappa shape index (κ1) is 15.8. The van der Waals surface area contributed by atoms with Gasteiger partial charge in [-0.2, -0.15) is 0 Å². The van der Waals surface area contributed by atoms with E-state index in [-0.39, 0.29) is 11.9 Å². The van der Waals surface area contributed by atoms with Crippen molar-refractivity contribution in [3.8, 4) is 0 Å². The fourth-order valence-corrected chi connectivity index (χ4v) is 2.90. The second kappa shape index (κ2) is 6.22. The van der Waals surface area contributed by atoms with Crippen LogP contribution in [0.1, 0.15) is 19.4 Å². The summed E-state index contributed by atoms with van der Waals surface area (Å²) >= 11 is 0. The Labute approximate surface area is 129 Å². The van der Waals surface area contributed by atoms with Gasteiger partial charge in [0.05, 0.1) is 0 Å². The Morgan fingerprint density at radius 1 is 1.27 bits per heavy atom. The molecule has 6 heteroatoms. The molecule has 0 aromatic heterocycles. The molecule has 3 rings (SSSR count). The summed E-state index contributed by atoms with van der Waals surface area (Å²) in [7, 11) is 0. The van der Waals surface area contributed by atoms with Gasteiger partial charge in [-0.3, -0.25) is 0 Å². The minimum Gasteiger partial charge on any atom is -0.387 e. The molecule has 2 N–H and O–H groups in total. The number of nitrogens with one attached hydrogen (secondary N) is 1. The zero-order valence-corrected chi connectivity index (χ0v) is 12.8. The summed E-state index contributed by atoms with van der Waals surface area (Å²) < 4.78 is 30.4. The highest BCUT2D eigenvalue weighted by atomic mass is 19.1. The number of aliphatic hydroxyl groups excluding tert-OH is 1. The van der Waals surface area contributed by atoms with Crippen molar-refractivity contribution in [3.63, 3.8) is 0 Å². The highest BCUT2D eigenvalue weighted by Crippen LogP contribution is 2.37. The smallest absolute Gasteiger partial charge is 0.190 e. The molecule has 0 amide bonds. The number of hydrogen-bond donors (Lipinski definition) is 2. The summed E-state index contributed by atoms with van der Waals surface area (Å²) in [6.07, 6.45) is -1.50. The lowest BCUT2D eigenvalue weighted by atomic mass is 10.1. The summed E-state index contributed by atoms with van der Waals surface area (Å²) in [6, 6.07) is 6.72. The quantitative estimate of drug-likeness (QED) is 0.800. The minimum absolute atomic E-state index is 0.194. The van der Waals surface area contributed by atoms with Crippen LogP contribution in [-0.4, -0.2) is 48.6 Å². The number of halogens is 1. The van der Waals surface area contributed by atoms with Crippen LogP contribution in [-0.2, 0) is 20.6 Å². The molecule has 4 atom stereocenters. The van der Waals surface area contributed by atoms with Gasteiger partial charge in [0.2, 0.25) is 0 Å². The van der Waals surface area contributed by atoms with Crippen LogP contribution in [0.4, 0.5) is 4.39 Å². The number of fused-ring (bicyclic) bond motifs is 1. The van der Waals surface area contributed by atoms with Crippen molar-refractivity contribution in [2.24, 2.45) is 0 Å². The molecule has 0 radical (unpaired) electrons. The Morgan fingerprint density at radius 2 is 2.05 bits per heavy atom. The normalized spacial score (nSPS) is 33.1. The lowest BCUT2D eigenvalue weighted by Crippen LogP contribution is -2.40. The van der Waals surface area contributed by atoms with Crippen molar-refractivity contribution in [2.45, 2.75) is 50.7 Å². The Kier molecular flexibility index (Phi) is 4.47. The first-order chi connectivity index (χ1) is 10.5. The summed E-state index contributed by atoms with van der Waals surface area (Å²) in [4.78, 5) is 0. The summed E-state index contributed by atoms with van der Waals surface area (Å²) in [5, 5.41) is 13.4. The van der Waals surface area contributed by atoms with Crippen LogP contribution in [0.15, 0.2) is 24.3 Å². The van der Waals surface area contributed by atoms with Gasteiger partial charge in [-0.05, 0) is 38.4 Å². The van der Waals surface area contributed by atoms with Gasteiger partial charge in [0.25, 0.3) is 0 Å². The molecular formula is C16H22FNO4. The van der Waals surface area contributed by atoms with E-state index in [2.05, 4.69) is 5.32 Å². The Bertz CT molecular complexity index is 525. The van der Waals surface area contributed by atoms with E-state index >= 15 is 0 Å². The maximum absolute atomic E-state index is 13.5. The first-order valence-corrected chi connectivity index (χ1v) is 7.59. The predicted octanol–water partition coefficient (Wildman–Crippen LogP) is 1.20. The van der Waals surface area contributed by atoms with E-state index < -0.39 is 24.3 Å². The largest absolute Gasteiger partial charge is 0.387 e. The van der Waals surface area contributed by atoms with Crippen molar-refractivity contribution in [1.82, 2.24) is 5.32 Å². The van der Waals surface area contributed by atoms with Gasteiger partial charge in [0, 0.05) is 6.54 Å². The predicted molar refractivity (Wildman–Crippen MR) is 77.7 cm³/mol. The van der Waals surface area contributed by atoms with Gasteiger partial charge >= 0.3 is 0 Å². The van der Waals surface area contributed by atoms with Crippen molar-refractivity contribution in [3.05, 3.63) is 35.6 Å². The highest BCUT2D eigenvalue weighted by Gasteiger charge is 2.53. The zero-order valence-electron chi connectivity index (χ0n) is 12.8. The molecule has 2 saturated heterocycles. The topological polar surface area (TPSA) is 60.0 Å². The van der Waals surface area contributed by atoms with Crippen LogP contribution in [0, 0.1) is 5.82 Å². The third kappa shape index (κ3) is 3.31. The van der Waals surface area contributed by atoms with Crippen LogP contribution in [0.5, 0.6) is 0 Å². The number of aliphatic hydroxyl groups is 1. The van der Waals surface area contributed by atoms with E-state index in [4.69, 9.17) is 14.2 Å². The van der Waals surface area contributed by atoms with E-state index in [1.807, 2.05) is 6.07 Å². The molecule has 2 aliphatic heterocycles. The maximum Gasteiger partial charge on any atom is 0.190 e. The molecule has 0 saturated carbocycles. The van der Waals surface area contributed by atoms with Crippen molar-refractivity contribution in [1.29, 1.82) is 0 Å². The van der Waals surface area contributed by atoms with Crippen molar-refractivity contribution < 1.29 is 23.7 Å². The van der Waals surface area contributed by atoms with Gasteiger partial charge in [-0.15, -0.1) is 0 Å². The molecule has 0 unspecified atom stereocenters. The summed E-state index contributed by atoms with van der Waals surface area (Å²) in [6.45, 7) is 4.66. The molecule has 1 aromatic rings. The Balaban J connectivity index is 1.43. The molecule has 5 nitrogen and oxygen atoms in total. The molecule has 2 aliphatic rings. The second-order valence-corrected chi connectivity index (χ2v) is 6.18. The van der Waals surface area contributed by atoms with E-state index in [1.54, 1.807) is 26.0 Å². The van der Waals surface area contributed by atoms with Gasteiger partial charge in [-0.1, -0.05) is 18.2 Å². The molecule has 0 aliphatic carbocycles. The summed E-state index contributed by atoms with van der Waals surface area (Å²) in [5.41, 5.74) is 0.674. The number of rotatable bonds is 5. The van der Waals surface area contributed by atoms with E-state index in [0.29, 0.717) is 25.1 Å². The second-order valence-electron chi connectivity index (χ2n) is 6.18. The lowest BCUT2D eigenvalue weighted by Gasteiger charge is -2.23. The minimum atomic E-state index is -0.729. The molecular weight excluding hydrogens is 289 g/mol. The van der Waals surface area contributed by atoms with Gasteiger partial charge in [0.15, 0.2) is 12.1 Å². The van der Waals surface area contributed by atoms with Gasteiger partial charge in [0.1, 0.15) is 24.1 Å². The maximum atomic E-state index is 13.5. The van der Waals surface area contributed by atoms with Crippen LogP contribution in [0.25, 0.3) is 0 Å². The third-order valence-electron chi connectivity index (χ3n) is 3.99. The number of benzene rings is 1. The van der Waals surface area contributed by atoms with Crippen molar-refractivity contribution in [2.75, 3.05) is 13.1 Å². The van der Waals surface area contributed by atoms with Crippen LogP contribution in [0.2, 0.25) is 0 Å². The monoisotopic (exact) mass is 311 g/mol. The van der Waals surface area contributed by atoms with E-state index in [9.17, 15) is 9.50 Å². The van der Waals surface area contributed by atoms with Crippen LogP contribution < -0.4 is 5.32 Å². The fourth-order valence-electron chi connectivity index (χ4n) is 2.90. The third-order valence-corrected chi connectivity index (χ3v) is 3.99.